The second kappa shape index (κ2) is 4.25. The third-order valence-corrected chi connectivity index (χ3v) is 2.09. The molecule has 13 heavy (non-hydrogen) atoms. The maximum absolute atomic E-state index is 9.52. The lowest BCUT2D eigenvalue weighted by molar-refractivity contribution is 0.248. The molecule has 0 aliphatic carbocycles. The van der Waals surface area contributed by atoms with Gasteiger partial charge < -0.3 is 15.5 Å². The maximum Gasteiger partial charge on any atom is 0.120 e. The van der Waals surface area contributed by atoms with E-state index in [0.717, 1.165) is 11.1 Å². The van der Waals surface area contributed by atoms with Crippen LogP contribution in [-0.4, -0.2) is 23.9 Å². The molecule has 0 radical (unpaired) electrons. The van der Waals surface area contributed by atoms with Crippen LogP contribution in [0, 0.1) is 6.92 Å². The van der Waals surface area contributed by atoms with Crippen LogP contribution in [-0.2, 0) is 0 Å². The number of benzene rings is 1. The van der Waals surface area contributed by atoms with Gasteiger partial charge in [0.25, 0.3) is 0 Å². The van der Waals surface area contributed by atoms with Crippen LogP contribution in [0.4, 0.5) is 0 Å². The minimum Gasteiger partial charge on any atom is -0.508 e. The van der Waals surface area contributed by atoms with Crippen LogP contribution in [0.15, 0.2) is 18.2 Å². The van der Waals surface area contributed by atoms with Gasteiger partial charge in [0.1, 0.15) is 5.75 Å². The molecule has 0 fully saturated rings. The number of aromatic hydroxyl groups is 1. The van der Waals surface area contributed by atoms with E-state index in [0.29, 0.717) is 0 Å². The lowest BCUT2D eigenvalue weighted by Crippen LogP contribution is -2.20. The zero-order valence-corrected chi connectivity index (χ0v) is 7.91. The number of aliphatic hydroxyl groups excluding tert-OH is 1. The number of phenolic OH excluding ortho intramolecular Hbond substituents is 1. The van der Waals surface area contributed by atoms with E-state index in [-0.39, 0.29) is 18.4 Å². The van der Waals surface area contributed by atoms with Crippen molar-refractivity contribution in [2.75, 3.05) is 13.7 Å². The van der Waals surface area contributed by atoms with Crippen molar-refractivity contribution >= 4 is 0 Å². The van der Waals surface area contributed by atoms with Gasteiger partial charge in [-0.2, -0.15) is 0 Å². The maximum atomic E-state index is 9.52. The molecule has 0 saturated heterocycles. The first-order valence-corrected chi connectivity index (χ1v) is 4.26. The minimum atomic E-state index is -0.195. The summed E-state index contributed by atoms with van der Waals surface area (Å²) in [6.07, 6.45) is 0. The molecule has 0 aromatic heterocycles. The molecule has 1 aromatic rings. The van der Waals surface area contributed by atoms with Crippen LogP contribution in [0.5, 0.6) is 5.75 Å². The fraction of sp³-hybridized carbons (Fsp3) is 0.400. The van der Waals surface area contributed by atoms with E-state index in [2.05, 4.69) is 5.32 Å². The molecule has 0 bridgehead atoms. The largest absolute Gasteiger partial charge is 0.508 e. The zero-order valence-electron chi connectivity index (χ0n) is 7.91. The van der Waals surface area contributed by atoms with Gasteiger partial charge in [0.05, 0.1) is 12.6 Å². The first-order valence-electron chi connectivity index (χ1n) is 4.26. The van der Waals surface area contributed by atoms with Crippen LogP contribution in [0.25, 0.3) is 0 Å². The van der Waals surface area contributed by atoms with E-state index in [1.807, 2.05) is 19.1 Å². The Morgan fingerprint density at radius 2 is 2.15 bits per heavy atom. The Hall–Kier alpha value is -1.06. The number of rotatable bonds is 3. The van der Waals surface area contributed by atoms with Gasteiger partial charge in [-0.25, -0.2) is 0 Å². The molecular formula is C10H15NO2. The number of hydrogen-bond acceptors (Lipinski definition) is 3. The van der Waals surface area contributed by atoms with Crippen molar-refractivity contribution in [1.29, 1.82) is 0 Å². The molecule has 1 rings (SSSR count). The van der Waals surface area contributed by atoms with Crippen LogP contribution in [0.1, 0.15) is 17.2 Å². The highest BCUT2D eigenvalue weighted by atomic mass is 16.3. The summed E-state index contributed by atoms with van der Waals surface area (Å²) in [5, 5.41) is 21.5. The molecule has 0 saturated carbocycles. The smallest absolute Gasteiger partial charge is 0.120 e. The minimum absolute atomic E-state index is 0.0203. The Morgan fingerprint density at radius 3 is 2.69 bits per heavy atom. The van der Waals surface area contributed by atoms with Crippen LogP contribution < -0.4 is 5.32 Å². The summed E-state index contributed by atoms with van der Waals surface area (Å²) in [7, 11) is 1.75. The first-order chi connectivity index (χ1) is 6.19. The first kappa shape index (κ1) is 10.0. The highest BCUT2D eigenvalue weighted by Crippen LogP contribution is 2.24. The molecule has 3 heteroatoms. The standard InChI is InChI=1S/C10H15NO2/c1-7-3-4-10(13)8(5-7)9(6-12)11-2/h3-5,9,11-13H,6H2,1-2H3. The van der Waals surface area contributed by atoms with Gasteiger partial charge in [0.2, 0.25) is 0 Å². The average molecular weight is 181 g/mol. The van der Waals surface area contributed by atoms with Crippen molar-refractivity contribution in [3.8, 4) is 5.75 Å². The molecular weight excluding hydrogens is 166 g/mol. The van der Waals surface area contributed by atoms with Crippen molar-refractivity contribution in [2.45, 2.75) is 13.0 Å². The van der Waals surface area contributed by atoms with Gasteiger partial charge in [-0.15, -0.1) is 0 Å². The summed E-state index contributed by atoms with van der Waals surface area (Å²) < 4.78 is 0. The quantitative estimate of drug-likeness (QED) is 0.651. The highest BCUT2D eigenvalue weighted by molar-refractivity contribution is 5.38. The molecule has 3 nitrogen and oxygen atoms in total. The Kier molecular flexibility index (Phi) is 3.28. The van der Waals surface area contributed by atoms with Gasteiger partial charge in [0.15, 0.2) is 0 Å². The van der Waals surface area contributed by atoms with Gasteiger partial charge in [-0.05, 0) is 20.0 Å². The normalized spacial score (nSPS) is 12.8. The van der Waals surface area contributed by atoms with E-state index < -0.39 is 0 Å². The Morgan fingerprint density at radius 1 is 1.46 bits per heavy atom. The molecule has 1 unspecified atom stereocenters. The van der Waals surface area contributed by atoms with Crippen molar-refractivity contribution < 1.29 is 10.2 Å². The van der Waals surface area contributed by atoms with Gasteiger partial charge in [0, 0.05) is 5.56 Å². The summed E-state index contributed by atoms with van der Waals surface area (Å²) in [5.74, 6) is 0.221. The second-order valence-corrected chi connectivity index (χ2v) is 3.09. The summed E-state index contributed by atoms with van der Waals surface area (Å²) >= 11 is 0. The Labute approximate surface area is 78.0 Å². The lowest BCUT2D eigenvalue weighted by atomic mass is 10.0. The predicted molar refractivity (Wildman–Crippen MR) is 51.7 cm³/mol. The van der Waals surface area contributed by atoms with Gasteiger partial charge >= 0.3 is 0 Å². The fourth-order valence-corrected chi connectivity index (χ4v) is 1.30. The number of hydrogen-bond donors (Lipinski definition) is 3. The van der Waals surface area contributed by atoms with E-state index in [9.17, 15) is 5.11 Å². The van der Waals surface area contributed by atoms with Crippen LogP contribution in [0.2, 0.25) is 0 Å². The molecule has 0 aliphatic heterocycles. The molecule has 72 valence electrons. The molecule has 0 aliphatic rings. The molecule has 0 heterocycles. The number of aryl methyl sites for hydroxylation is 1. The van der Waals surface area contributed by atoms with Crippen molar-refractivity contribution in [2.24, 2.45) is 0 Å². The highest BCUT2D eigenvalue weighted by Gasteiger charge is 2.11. The molecule has 3 N–H and O–H groups in total. The molecule has 0 amide bonds. The summed E-state index contributed by atoms with van der Waals surface area (Å²) in [6.45, 7) is 1.93. The second-order valence-electron chi connectivity index (χ2n) is 3.09. The monoisotopic (exact) mass is 181 g/mol. The summed E-state index contributed by atoms with van der Waals surface area (Å²) in [6, 6.07) is 5.15. The van der Waals surface area contributed by atoms with E-state index in [1.165, 1.54) is 0 Å². The average Bonchev–Trinajstić information content (AvgIpc) is 2.13. The number of likely N-dealkylation sites (N-methyl/N-ethyl adjacent to an activating group) is 1. The third-order valence-electron chi connectivity index (χ3n) is 2.09. The summed E-state index contributed by atoms with van der Waals surface area (Å²) in [5.41, 5.74) is 1.81. The number of aliphatic hydroxyl groups is 1. The van der Waals surface area contributed by atoms with E-state index >= 15 is 0 Å². The molecule has 1 atom stereocenters. The zero-order chi connectivity index (χ0) is 9.84. The molecule has 1 aromatic carbocycles. The Bertz CT molecular complexity index is 282. The lowest BCUT2D eigenvalue weighted by Gasteiger charge is -2.15. The van der Waals surface area contributed by atoms with E-state index in [4.69, 9.17) is 5.11 Å². The molecule has 0 spiro atoms. The Balaban J connectivity index is 3.03. The van der Waals surface area contributed by atoms with Crippen LogP contribution >= 0.6 is 0 Å². The van der Waals surface area contributed by atoms with E-state index in [1.54, 1.807) is 13.1 Å². The number of phenols is 1. The topological polar surface area (TPSA) is 52.5 Å². The van der Waals surface area contributed by atoms with Crippen molar-refractivity contribution in [3.63, 3.8) is 0 Å². The van der Waals surface area contributed by atoms with Crippen molar-refractivity contribution in [3.05, 3.63) is 29.3 Å². The summed E-state index contributed by atoms with van der Waals surface area (Å²) in [4.78, 5) is 0. The van der Waals surface area contributed by atoms with Crippen LogP contribution in [0.3, 0.4) is 0 Å². The van der Waals surface area contributed by atoms with Gasteiger partial charge in [-0.1, -0.05) is 17.7 Å². The number of nitrogens with one attached hydrogen (secondary N) is 1. The third kappa shape index (κ3) is 2.20. The van der Waals surface area contributed by atoms with Gasteiger partial charge in [-0.3, -0.25) is 0 Å². The SMILES string of the molecule is CNC(CO)c1cc(C)ccc1O. The predicted octanol–water partition coefficient (Wildman–Crippen LogP) is 0.953. The van der Waals surface area contributed by atoms with Crippen molar-refractivity contribution in [1.82, 2.24) is 5.32 Å². The fourth-order valence-electron chi connectivity index (χ4n) is 1.30.